The predicted molar refractivity (Wildman–Crippen MR) is 22.7 cm³/mol. The molecule has 0 unspecified atom stereocenters. The zero-order valence-corrected chi connectivity index (χ0v) is 3.50. The standard InChI is InChI=1S/C4H6.H2O/c1-3-4-2;/h1-2H3;1H2. The highest BCUT2D eigenvalue weighted by Gasteiger charge is 1.26. The van der Waals surface area contributed by atoms with Crippen molar-refractivity contribution in [3.05, 3.63) is 0 Å². The maximum absolute atomic E-state index is 2.68. The zero-order chi connectivity index (χ0) is 3.41. The van der Waals surface area contributed by atoms with Crippen molar-refractivity contribution in [2.24, 2.45) is 0 Å². The Bertz CT molecular complexity index is 40.4. The SMILES string of the molecule is CC#CC.O. The van der Waals surface area contributed by atoms with Gasteiger partial charge in [-0.3, -0.25) is 0 Å². The summed E-state index contributed by atoms with van der Waals surface area (Å²) in [6.07, 6.45) is 0. The summed E-state index contributed by atoms with van der Waals surface area (Å²) in [6, 6.07) is 0. The molecule has 30 valence electrons. The zero-order valence-electron chi connectivity index (χ0n) is 3.50. The van der Waals surface area contributed by atoms with Gasteiger partial charge in [0.25, 0.3) is 0 Å². The fraction of sp³-hybridized carbons (Fsp3) is 0.500. The van der Waals surface area contributed by atoms with Crippen molar-refractivity contribution in [1.29, 1.82) is 0 Å². The van der Waals surface area contributed by atoms with E-state index in [0.29, 0.717) is 0 Å². The molecule has 0 aliphatic rings. The van der Waals surface area contributed by atoms with Crippen LogP contribution in [0.15, 0.2) is 0 Å². The second-order valence-electron chi connectivity index (χ2n) is 0.500. The van der Waals surface area contributed by atoms with Gasteiger partial charge in [0.05, 0.1) is 0 Å². The van der Waals surface area contributed by atoms with Crippen LogP contribution in [0.25, 0.3) is 0 Å². The minimum atomic E-state index is 0. The topological polar surface area (TPSA) is 31.5 Å². The molecule has 0 aliphatic heterocycles. The second kappa shape index (κ2) is 9.68. The number of rotatable bonds is 0. The number of hydrogen-bond acceptors (Lipinski definition) is 0. The van der Waals surface area contributed by atoms with Crippen molar-refractivity contribution in [3.8, 4) is 11.8 Å². The summed E-state index contributed by atoms with van der Waals surface area (Å²) < 4.78 is 0. The van der Waals surface area contributed by atoms with Gasteiger partial charge in [0.2, 0.25) is 0 Å². The van der Waals surface area contributed by atoms with Crippen LogP contribution < -0.4 is 0 Å². The van der Waals surface area contributed by atoms with Crippen molar-refractivity contribution in [1.82, 2.24) is 0 Å². The third-order valence-electron chi connectivity index (χ3n) is 0.250. The van der Waals surface area contributed by atoms with E-state index in [0.717, 1.165) is 0 Å². The molecule has 0 bridgehead atoms. The maximum Gasteiger partial charge on any atom is -0.00271 e. The van der Waals surface area contributed by atoms with Crippen LogP contribution in [0, 0.1) is 11.8 Å². The molecule has 0 spiro atoms. The van der Waals surface area contributed by atoms with E-state index in [1.807, 2.05) is 13.8 Å². The summed E-state index contributed by atoms with van der Waals surface area (Å²) in [5, 5.41) is 0. The van der Waals surface area contributed by atoms with E-state index in [-0.39, 0.29) is 5.48 Å². The lowest BCUT2D eigenvalue weighted by Crippen LogP contribution is -1.28. The van der Waals surface area contributed by atoms with Gasteiger partial charge in [-0.05, 0) is 13.8 Å². The lowest BCUT2D eigenvalue weighted by atomic mass is 10.7. The van der Waals surface area contributed by atoms with E-state index in [1.165, 1.54) is 0 Å². The first-order valence-electron chi connectivity index (χ1n) is 1.25. The quantitative estimate of drug-likeness (QED) is 0.366. The molecule has 0 aromatic heterocycles. The average molecular weight is 72.1 g/mol. The third kappa shape index (κ3) is 30.1. The van der Waals surface area contributed by atoms with E-state index in [1.54, 1.807) is 0 Å². The van der Waals surface area contributed by atoms with Crippen molar-refractivity contribution in [2.45, 2.75) is 13.8 Å². The Morgan fingerprint density at radius 2 is 1.20 bits per heavy atom. The summed E-state index contributed by atoms with van der Waals surface area (Å²) in [6.45, 7) is 3.64. The third-order valence-corrected chi connectivity index (χ3v) is 0.250. The van der Waals surface area contributed by atoms with Crippen molar-refractivity contribution >= 4 is 0 Å². The Morgan fingerprint density at radius 1 is 1.00 bits per heavy atom. The lowest BCUT2D eigenvalue weighted by Gasteiger charge is -1.40. The van der Waals surface area contributed by atoms with Crippen LogP contribution in [0.5, 0.6) is 0 Å². The fourth-order valence-corrected chi connectivity index (χ4v) is 0. The Labute approximate surface area is 32.3 Å². The van der Waals surface area contributed by atoms with Crippen LogP contribution in [0.2, 0.25) is 0 Å². The van der Waals surface area contributed by atoms with E-state index >= 15 is 0 Å². The molecule has 0 radical (unpaired) electrons. The summed E-state index contributed by atoms with van der Waals surface area (Å²) >= 11 is 0. The monoisotopic (exact) mass is 72.1 g/mol. The molecule has 1 nitrogen and oxygen atoms in total. The smallest absolute Gasteiger partial charge is 0.00271 e. The van der Waals surface area contributed by atoms with Crippen LogP contribution in [-0.4, -0.2) is 5.48 Å². The fourth-order valence-electron chi connectivity index (χ4n) is 0. The molecule has 0 aromatic rings. The molecule has 0 fully saturated rings. The largest absolute Gasteiger partial charge is 0.412 e. The van der Waals surface area contributed by atoms with Gasteiger partial charge in [-0.1, -0.05) is 0 Å². The predicted octanol–water partition coefficient (Wildman–Crippen LogP) is 0.205. The van der Waals surface area contributed by atoms with Gasteiger partial charge in [0.1, 0.15) is 0 Å². The van der Waals surface area contributed by atoms with Crippen LogP contribution in [0.3, 0.4) is 0 Å². The van der Waals surface area contributed by atoms with E-state index in [2.05, 4.69) is 11.8 Å². The Hall–Kier alpha value is -0.480. The highest BCUT2D eigenvalue weighted by atomic mass is 16.0. The van der Waals surface area contributed by atoms with Gasteiger partial charge in [-0.2, -0.15) is 0 Å². The van der Waals surface area contributed by atoms with E-state index < -0.39 is 0 Å². The molecule has 0 aromatic carbocycles. The highest BCUT2D eigenvalue weighted by molar-refractivity contribution is 4.89. The Morgan fingerprint density at radius 3 is 1.20 bits per heavy atom. The first-order valence-corrected chi connectivity index (χ1v) is 1.25. The lowest BCUT2D eigenvalue weighted by molar-refractivity contribution is 0.824. The summed E-state index contributed by atoms with van der Waals surface area (Å²) in [5.74, 6) is 5.36. The van der Waals surface area contributed by atoms with Crippen LogP contribution in [0.1, 0.15) is 13.8 Å². The second-order valence-corrected chi connectivity index (χ2v) is 0.500. The van der Waals surface area contributed by atoms with Crippen molar-refractivity contribution in [2.75, 3.05) is 0 Å². The maximum atomic E-state index is 2.68. The molecular weight excluding hydrogens is 64.0 g/mol. The van der Waals surface area contributed by atoms with Gasteiger partial charge in [0, 0.05) is 0 Å². The molecule has 0 saturated heterocycles. The molecule has 5 heavy (non-hydrogen) atoms. The minimum absolute atomic E-state index is 0. The average Bonchev–Trinajstić information content (AvgIpc) is 1.37. The van der Waals surface area contributed by atoms with Crippen LogP contribution in [0.4, 0.5) is 0 Å². The molecule has 0 saturated carbocycles. The molecular formula is C4H8O. The Kier molecular flexibility index (Phi) is 17.1. The van der Waals surface area contributed by atoms with Gasteiger partial charge in [0.15, 0.2) is 0 Å². The van der Waals surface area contributed by atoms with E-state index in [9.17, 15) is 0 Å². The Balaban J connectivity index is 0. The van der Waals surface area contributed by atoms with Gasteiger partial charge in [-0.15, -0.1) is 11.8 Å². The summed E-state index contributed by atoms with van der Waals surface area (Å²) in [7, 11) is 0. The molecule has 0 rings (SSSR count). The van der Waals surface area contributed by atoms with Crippen LogP contribution >= 0.6 is 0 Å². The van der Waals surface area contributed by atoms with Gasteiger partial charge >= 0.3 is 0 Å². The van der Waals surface area contributed by atoms with Crippen molar-refractivity contribution in [3.63, 3.8) is 0 Å². The van der Waals surface area contributed by atoms with Crippen LogP contribution in [-0.2, 0) is 0 Å². The molecule has 0 aliphatic carbocycles. The molecule has 0 heterocycles. The molecule has 1 heteroatoms. The van der Waals surface area contributed by atoms with Crippen molar-refractivity contribution < 1.29 is 5.48 Å². The normalized spacial score (nSPS) is 2.80. The van der Waals surface area contributed by atoms with Gasteiger partial charge < -0.3 is 5.48 Å². The first-order chi connectivity index (χ1) is 1.91. The molecule has 2 N–H and O–H groups in total. The number of hydrogen-bond donors (Lipinski definition) is 0. The highest BCUT2D eigenvalue weighted by Crippen LogP contribution is 1.39. The summed E-state index contributed by atoms with van der Waals surface area (Å²) in [4.78, 5) is 0. The minimum Gasteiger partial charge on any atom is -0.412 e. The van der Waals surface area contributed by atoms with E-state index in [4.69, 9.17) is 0 Å². The van der Waals surface area contributed by atoms with Gasteiger partial charge in [-0.25, -0.2) is 0 Å². The first kappa shape index (κ1) is 8.82. The summed E-state index contributed by atoms with van der Waals surface area (Å²) in [5.41, 5.74) is 0. The molecule has 0 atom stereocenters. The molecule has 0 amide bonds.